The molecule has 0 bridgehead atoms. The number of rotatable bonds is 6. The van der Waals surface area contributed by atoms with Crippen molar-refractivity contribution >= 4 is 29.0 Å². The molecule has 0 heterocycles. The minimum atomic E-state index is -0.567. The van der Waals surface area contributed by atoms with E-state index in [1.54, 1.807) is 0 Å². The van der Waals surface area contributed by atoms with Crippen LogP contribution in [-0.4, -0.2) is 22.7 Å². The fourth-order valence-electron chi connectivity index (χ4n) is 2.17. The maximum Gasteiger partial charge on any atom is 0.319 e. The van der Waals surface area contributed by atoms with Gasteiger partial charge in [0.05, 0.1) is 21.7 Å². The summed E-state index contributed by atoms with van der Waals surface area (Å²) < 4.78 is 0. The molecule has 7 nitrogen and oxygen atoms in total. The molecule has 0 aliphatic rings. The second-order valence-corrected chi connectivity index (χ2v) is 5.40. The molecule has 2 aromatic carbocycles. The normalized spacial score (nSPS) is 11.6. The highest BCUT2D eigenvalue weighted by Crippen LogP contribution is 2.26. The molecule has 0 aliphatic heterocycles. The maximum atomic E-state index is 12.1. The number of nitro benzene ring substituents is 1. The minimum absolute atomic E-state index is 0.0674. The lowest BCUT2D eigenvalue weighted by Gasteiger charge is -2.19. The summed E-state index contributed by atoms with van der Waals surface area (Å²) in [5, 5.41) is 25.2. The van der Waals surface area contributed by atoms with Gasteiger partial charge in [-0.25, -0.2) is 4.79 Å². The highest BCUT2D eigenvalue weighted by Gasteiger charge is 2.16. The van der Waals surface area contributed by atoms with Crippen molar-refractivity contribution in [3.8, 4) is 0 Å². The number of nitrogens with zero attached hydrogens (tertiary/aromatic N) is 1. The van der Waals surface area contributed by atoms with Gasteiger partial charge in [-0.3, -0.25) is 10.1 Å². The van der Waals surface area contributed by atoms with Crippen molar-refractivity contribution in [1.29, 1.82) is 0 Å². The first-order chi connectivity index (χ1) is 11.5. The lowest BCUT2D eigenvalue weighted by molar-refractivity contribution is -0.384. The number of hydrogen-bond acceptors (Lipinski definition) is 4. The van der Waals surface area contributed by atoms with Crippen LogP contribution in [0.3, 0.4) is 0 Å². The summed E-state index contributed by atoms with van der Waals surface area (Å²) in [6.45, 7) is -0.0852. The first-order valence-electron chi connectivity index (χ1n) is 7.18. The van der Waals surface area contributed by atoms with Crippen molar-refractivity contribution < 1.29 is 14.8 Å². The summed E-state index contributed by atoms with van der Waals surface area (Å²) >= 11 is 5.95. The largest absolute Gasteiger partial charge is 0.396 e. The van der Waals surface area contributed by atoms with Crippen LogP contribution in [-0.2, 0) is 0 Å². The Hall–Kier alpha value is -2.64. The van der Waals surface area contributed by atoms with Gasteiger partial charge in [-0.2, -0.15) is 0 Å². The molecule has 0 aliphatic carbocycles. The summed E-state index contributed by atoms with van der Waals surface area (Å²) in [5.41, 5.74) is 0.959. The molecule has 0 aromatic heterocycles. The number of hydrogen-bond donors (Lipinski definition) is 3. The molecule has 0 unspecified atom stereocenters. The van der Waals surface area contributed by atoms with Gasteiger partial charge < -0.3 is 15.7 Å². The topological polar surface area (TPSA) is 104 Å². The molecule has 0 radical (unpaired) electrons. The lowest BCUT2D eigenvalue weighted by Crippen LogP contribution is -2.33. The van der Waals surface area contributed by atoms with E-state index in [4.69, 9.17) is 11.6 Å². The molecule has 2 aromatic rings. The van der Waals surface area contributed by atoms with E-state index in [1.807, 2.05) is 30.3 Å². The van der Waals surface area contributed by atoms with Crippen molar-refractivity contribution in [3.63, 3.8) is 0 Å². The molecule has 0 spiro atoms. The summed E-state index contributed by atoms with van der Waals surface area (Å²) in [6.07, 6.45) is 0.353. The standard InChI is InChI=1S/C16H16ClN3O4/c17-13-10-12(20(23)24)6-7-15(13)19-16(22)18-14(8-9-21)11-4-2-1-3-5-11/h1-7,10,14,21H,8-9H2,(H2,18,19,22)/t14-/m1/s1. The smallest absolute Gasteiger partial charge is 0.319 e. The van der Waals surface area contributed by atoms with Crippen LogP contribution >= 0.6 is 11.6 Å². The number of aliphatic hydroxyl groups excluding tert-OH is 1. The average Bonchev–Trinajstić information content (AvgIpc) is 2.57. The number of nitrogens with one attached hydrogen (secondary N) is 2. The number of urea groups is 1. The molecule has 126 valence electrons. The van der Waals surface area contributed by atoms with Crippen LogP contribution in [0.1, 0.15) is 18.0 Å². The molecule has 2 rings (SSSR count). The molecule has 1 atom stereocenters. The molecule has 24 heavy (non-hydrogen) atoms. The number of nitro groups is 1. The Morgan fingerprint density at radius 3 is 2.54 bits per heavy atom. The van der Waals surface area contributed by atoms with Gasteiger partial charge in [-0.05, 0) is 18.1 Å². The Morgan fingerprint density at radius 1 is 1.25 bits per heavy atom. The zero-order valence-corrected chi connectivity index (χ0v) is 13.4. The fourth-order valence-corrected chi connectivity index (χ4v) is 2.39. The Balaban J connectivity index is 2.07. The van der Waals surface area contributed by atoms with Crippen LogP contribution in [0.4, 0.5) is 16.2 Å². The van der Waals surface area contributed by atoms with Crippen LogP contribution in [0.15, 0.2) is 48.5 Å². The SMILES string of the molecule is O=C(Nc1ccc([N+](=O)[O-])cc1Cl)N[C@H](CCO)c1ccccc1. The molecule has 0 saturated heterocycles. The molecule has 3 N–H and O–H groups in total. The number of anilines is 1. The Bertz CT molecular complexity index is 725. The third-order valence-electron chi connectivity index (χ3n) is 3.34. The van der Waals surface area contributed by atoms with E-state index in [2.05, 4.69) is 10.6 Å². The fraction of sp³-hybridized carbons (Fsp3) is 0.188. The van der Waals surface area contributed by atoms with Gasteiger partial charge in [0.25, 0.3) is 5.69 Å². The average molecular weight is 350 g/mol. The number of non-ortho nitro benzene ring substituents is 1. The van der Waals surface area contributed by atoms with Crippen LogP contribution in [0.5, 0.6) is 0 Å². The minimum Gasteiger partial charge on any atom is -0.396 e. The molecular formula is C16H16ClN3O4. The van der Waals surface area contributed by atoms with E-state index in [-0.39, 0.29) is 29.0 Å². The van der Waals surface area contributed by atoms with E-state index < -0.39 is 11.0 Å². The van der Waals surface area contributed by atoms with Crippen LogP contribution in [0.2, 0.25) is 5.02 Å². The van der Waals surface area contributed by atoms with Crippen LogP contribution in [0, 0.1) is 10.1 Å². The highest BCUT2D eigenvalue weighted by molar-refractivity contribution is 6.33. The molecular weight excluding hydrogens is 334 g/mol. The first-order valence-corrected chi connectivity index (χ1v) is 7.56. The number of aliphatic hydroxyl groups is 1. The predicted octanol–water partition coefficient (Wildman–Crippen LogP) is 3.49. The van der Waals surface area contributed by atoms with Gasteiger partial charge in [0.15, 0.2) is 0 Å². The van der Waals surface area contributed by atoms with Gasteiger partial charge in [0.1, 0.15) is 0 Å². The van der Waals surface area contributed by atoms with Crippen LogP contribution in [0.25, 0.3) is 0 Å². The van der Waals surface area contributed by atoms with E-state index in [9.17, 15) is 20.0 Å². The molecule has 2 amide bonds. The van der Waals surface area contributed by atoms with Crippen molar-refractivity contribution in [2.75, 3.05) is 11.9 Å². The van der Waals surface area contributed by atoms with Crippen molar-refractivity contribution in [1.82, 2.24) is 5.32 Å². The third-order valence-corrected chi connectivity index (χ3v) is 3.65. The maximum absolute atomic E-state index is 12.1. The molecule has 0 fully saturated rings. The van der Waals surface area contributed by atoms with Gasteiger partial charge in [0.2, 0.25) is 0 Å². The number of benzene rings is 2. The van der Waals surface area contributed by atoms with Crippen molar-refractivity contribution in [3.05, 3.63) is 69.2 Å². The van der Waals surface area contributed by atoms with Crippen molar-refractivity contribution in [2.24, 2.45) is 0 Å². The summed E-state index contributed by atoms with van der Waals surface area (Å²) in [4.78, 5) is 22.3. The van der Waals surface area contributed by atoms with E-state index >= 15 is 0 Å². The van der Waals surface area contributed by atoms with Gasteiger partial charge in [-0.15, -0.1) is 0 Å². The zero-order valence-electron chi connectivity index (χ0n) is 12.6. The number of carbonyl (C=O) groups excluding carboxylic acids is 1. The number of amides is 2. The summed E-state index contributed by atoms with van der Waals surface area (Å²) in [6, 6.07) is 12.1. The van der Waals surface area contributed by atoms with E-state index in [0.717, 1.165) is 5.56 Å². The molecule has 0 saturated carbocycles. The van der Waals surface area contributed by atoms with E-state index in [0.29, 0.717) is 6.42 Å². The van der Waals surface area contributed by atoms with Gasteiger partial charge in [-0.1, -0.05) is 41.9 Å². The van der Waals surface area contributed by atoms with Crippen molar-refractivity contribution in [2.45, 2.75) is 12.5 Å². The predicted molar refractivity (Wildman–Crippen MR) is 91.1 cm³/mol. The Morgan fingerprint density at radius 2 is 1.96 bits per heavy atom. The second-order valence-electron chi connectivity index (χ2n) is 5.00. The summed E-state index contributed by atoms with van der Waals surface area (Å²) in [7, 11) is 0. The highest BCUT2D eigenvalue weighted by atomic mass is 35.5. The Kier molecular flexibility index (Phi) is 6.11. The number of halogens is 1. The number of carbonyl (C=O) groups is 1. The van der Waals surface area contributed by atoms with Gasteiger partial charge in [0, 0.05) is 18.7 Å². The first kappa shape index (κ1) is 17.7. The molecule has 8 heteroatoms. The quantitative estimate of drug-likeness (QED) is 0.548. The van der Waals surface area contributed by atoms with Crippen LogP contribution < -0.4 is 10.6 Å². The second kappa shape index (κ2) is 8.28. The zero-order chi connectivity index (χ0) is 17.5. The third kappa shape index (κ3) is 4.68. The lowest BCUT2D eigenvalue weighted by atomic mass is 10.0. The van der Waals surface area contributed by atoms with Gasteiger partial charge >= 0.3 is 6.03 Å². The van der Waals surface area contributed by atoms with E-state index in [1.165, 1.54) is 18.2 Å². The summed E-state index contributed by atoms with van der Waals surface area (Å²) in [5.74, 6) is 0. The Labute approximate surface area is 143 Å². The monoisotopic (exact) mass is 349 g/mol.